The van der Waals surface area contributed by atoms with Crippen molar-refractivity contribution in [2.24, 2.45) is 0 Å². The number of aromatic nitrogens is 4. The minimum atomic E-state index is -0.223. The number of pyridine rings is 2. The second kappa shape index (κ2) is 9.88. The summed E-state index contributed by atoms with van der Waals surface area (Å²) < 4.78 is 1.94. The molecule has 0 amide bonds. The standard InChI is InChI=1S/C31H30N6O/c1-19(2)31-30-26(22-13-20-5-3-4-6-27(20)34-16-22)17-33-18-29(30)37(36-31)24-10-7-21(15-32)28(14-24)35-23-8-11-25(38)12-9-23/h3-7,10,13-14,16-19,23,25,35,38H,8-9,11-12H2,1-2H3. The highest BCUT2D eigenvalue weighted by molar-refractivity contribution is 5.98. The zero-order valence-corrected chi connectivity index (χ0v) is 21.6. The molecule has 3 aromatic heterocycles. The van der Waals surface area contributed by atoms with Gasteiger partial charge in [0.05, 0.1) is 46.0 Å². The molecule has 0 saturated heterocycles. The van der Waals surface area contributed by atoms with Crippen LogP contribution in [0.15, 0.2) is 67.1 Å². The summed E-state index contributed by atoms with van der Waals surface area (Å²) in [5.41, 5.74) is 7.14. The molecule has 7 nitrogen and oxygen atoms in total. The van der Waals surface area contributed by atoms with Crippen LogP contribution in [0.25, 0.3) is 38.6 Å². The van der Waals surface area contributed by atoms with Crippen LogP contribution in [0.3, 0.4) is 0 Å². The van der Waals surface area contributed by atoms with Crippen LogP contribution in [0.2, 0.25) is 0 Å². The third-order valence-electron chi connectivity index (χ3n) is 7.49. The fourth-order valence-electron chi connectivity index (χ4n) is 5.45. The van der Waals surface area contributed by atoms with Crippen LogP contribution in [0.1, 0.15) is 56.7 Å². The van der Waals surface area contributed by atoms with Crippen LogP contribution >= 0.6 is 0 Å². The number of benzene rings is 2. The summed E-state index contributed by atoms with van der Waals surface area (Å²) in [6.07, 6.45) is 8.76. The summed E-state index contributed by atoms with van der Waals surface area (Å²) in [4.78, 5) is 9.29. The number of nitrogens with zero attached hydrogens (tertiary/aromatic N) is 5. The van der Waals surface area contributed by atoms with Gasteiger partial charge < -0.3 is 10.4 Å². The van der Waals surface area contributed by atoms with Gasteiger partial charge in [-0.05, 0) is 61.9 Å². The number of hydrogen-bond donors (Lipinski definition) is 2. The molecule has 1 aliphatic carbocycles. The van der Waals surface area contributed by atoms with Gasteiger partial charge in [0.1, 0.15) is 6.07 Å². The van der Waals surface area contributed by atoms with Crippen LogP contribution in [-0.4, -0.2) is 37.0 Å². The van der Waals surface area contributed by atoms with Crippen molar-refractivity contribution in [3.63, 3.8) is 0 Å². The molecule has 0 radical (unpaired) electrons. The van der Waals surface area contributed by atoms with Gasteiger partial charge in [-0.25, -0.2) is 4.68 Å². The first-order chi connectivity index (χ1) is 18.5. The molecule has 1 saturated carbocycles. The number of aliphatic hydroxyl groups excluding tert-OH is 1. The normalized spacial score (nSPS) is 17.7. The van der Waals surface area contributed by atoms with Crippen molar-refractivity contribution in [2.45, 2.75) is 57.6 Å². The average Bonchev–Trinajstić information content (AvgIpc) is 3.34. The van der Waals surface area contributed by atoms with Gasteiger partial charge in [0.15, 0.2) is 0 Å². The molecule has 2 aromatic carbocycles. The minimum Gasteiger partial charge on any atom is -0.393 e. The highest BCUT2D eigenvalue weighted by Gasteiger charge is 2.22. The Bertz CT molecular complexity index is 1670. The lowest BCUT2D eigenvalue weighted by Gasteiger charge is -2.27. The molecule has 3 heterocycles. The van der Waals surface area contributed by atoms with Crippen molar-refractivity contribution in [1.82, 2.24) is 19.7 Å². The van der Waals surface area contributed by atoms with Gasteiger partial charge in [0.25, 0.3) is 0 Å². The highest BCUT2D eigenvalue weighted by Crippen LogP contribution is 2.36. The Morgan fingerprint density at radius 2 is 1.84 bits per heavy atom. The summed E-state index contributed by atoms with van der Waals surface area (Å²) in [5.74, 6) is 0.193. The van der Waals surface area contributed by atoms with Gasteiger partial charge in [-0.3, -0.25) is 9.97 Å². The van der Waals surface area contributed by atoms with Gasteiger partial charge in [-0.2, -0.15) is 10.4 Å². The minimum absolute atomic E-state index is 0.193. The molecule has 38 heavy (non-hydrogen) atoms. The molecule has 7 heteroatoms. The number of nitriles is 1. The molecule has 190 valence electrons. The van der Waals surface area contributed by atoms with E-state index in [4.69, 9.17) is 5.10 Å². The Morgan fingerprint density at radius 3 is 2.63 bits per heavy atom. The van der Waals surface area contributed by atoms with Gasteiger partial charge >= 0.3 is 0 Å². The molecule has 2 N–H and O–H groups in total. The number of rotatable bonds is 5. The van der Waals surface area contributed by atoms with Crippen molar-refractivity contribution in [3.05, 3.63) is 78.4 Å². The molecule has 5 aromatic rings. The lowest BCUT2D eigenvalue weighted by Crippen LogP contribution is -2.28. The lowest BCUT2D eigenvalue weighted by atomic mass is 9.93. The number of para-hydroxylation sites is 1. The Labute approximate surface area is 221 Å². The van der Waals surface area contributed by atoms with Crippen LogP contribution in [0.5, 0.6) is 0 Å². The van der Waals surface area contributed by atoms with Crippen LogP contribution in [-0.2, 0) is 0 Å². The van der Waals surface area contributed by atoms with Gasteiger partial charge in [0.2, 0.25) is 0 Å². The molecule has 0 bridgehead atoms. The van der Waals surface area contributed by atoms with Crippen LogP contribution < -0.4 is 5.32 Å². The highest BCUT2D eigenvalue weighted by atomic mass is 16.3. The summed E-state index contributed by atoms with van der Waals surface area (Å²) in [5, 5.41) is 30.4. The fourth-order valence-corrected chi connectivity index (χ4v) is 5.45. The molecular formula is C31H30N6O. The molecule has 0 atom stereocenters. The third kappa shape index (κ3) is 4.37. The zero-order valence-electron chi connectivity index (χ0n) is 21.6. The van der Waals surface area contributed by atoms with E-state index in [-0.39, 0.29) is 18.1 Å². The van der Waals surface area contributed by atoms with E-state index in [1.54, 1.807) is 0 Å². The maximum absolute atomic E-state index is 9.89. The first-order valence-corrected chi connectivity index (χ1v) is 13.2. The number of nitrogens with one attached hydrogen (secondary N) is 1. The summed E-state index contributed by atoms with van der Waals surface area (Å²) in [6.45, 7) is 4.30. The maximum atomic E-state index is 9.89. The van der Waals surface area contributed by atoms with Gasteiger partial charge in [-0.1, -0.05) is 32.0 Å². The third-order valence-corrected chi connectivity index (χ3v) is 7.49. The number of fused-ring (bicyclic) bond motifs is 2. The summed E-state index contributed by atoms with van der Waals surface area (Å²) in [7, 11) is 0. The van der Waals surface area contributed by atoms with E-state index >= 15 is 0 Å². The van der Waals surface area contributed by atoms with Crippen LogP contribution in [0.4, 0.5) is 5.69 Å². The lowest BCUT2D eigenvalue weighted by molar-refractivity contribution is 0.126. The molecule has 0 aliphatic heterocycles. The van der Waals surface area contributed by atoms with E-state index in [2.05, 4.69) is 47.3 Å². The smallest absolute Gasteiger partial charge is 0.101 e. The van der Waals surface area contributed by atoms with E-state index in [1.165, 1.54) is 0 Å². The van der Waals surface area contributed by atoms with E-state index in [9.17, 15) is 10.4 Å². The van der Waals surface area contributed by atoms with Crippen molar-refractivity contribution in [3.8, 4) is 22.9 Å². The quantitative estimate of drug-likeness (QED) is 0.291. The first-order valence-electron chi connectivity index (χ1n) is 13.2. The van der Waals surface area contributed by atoms with Crippen molar-refractivity contribution in [2.75, 3.05) is 5.32 Å². The van der Waals surface area contributed by atoms with Crippen molar-refractivity contribution >= 4 is 27.5 Å². The Hall–Kier alpha value is -4.28. The Morgan fingerprint density at radius 1 is 1.03 bits per heavy atom. The molecule has 0 unspecified atom stereocenters. The topological polar surface area (TPSA) is 99.7 Å². The predicted molar refractivity (Wildman–Crippen MR) is 150 cm³/mol. The largest absolute Gasteiger partial charge is 0.393 e. The average molecular weight is 503 g/mol. The zero-order chi connectivity index (χ0) is 26.2. The van der Waals surface area contributed by atoms with E-state index in [1.807, 2.05) is 59.7 Å². The maximum Gasteiger partial charge on any atom is 0.101 e. The predicted octanol–water partition coefficient (Wildman–Crippen LogP) is 6.35. The monoisotopic (exact) mass is 502 g/mol. The second-order valence-corrected chi connectivity index (χ2v) is 10.4. The first kappa shape index (κ1) is 24.1. The Balaban J connectivity index is 1.47. The molecular weight excluding hydrogens is 472 g/mol. The van der Waals surface area contributed by atoms with Gasteiger partial charge in [0, 0.05) is 40.3 Å². The molecule has 1 aliphatic rings. The summed E-state index contributed by atoms with van der Waals surface area (Å²) in [6, 6.07) is 18.6. The number of aliphatic hydroxyl groups is 1. The molecule has 0 spiro atoms. The number of hydrogen-bond acceptors (Lipinski definition) is 6. The molecule has 1 fully saturated rings. The molecule has 6 rings (SSSR count). The van der Waals surface area contributed by atoms with E-state index < -0.39 is 0 Å². The number of anilines is 1. The van der Waals surface area contributed by atoms with Crippen LogP contribution in [0, 0.1) is 11.3 Å². The van der Waals surface area contributed by atoms with Crippen molar-refractivity contribution < 1.29 is 5.11 Å². The fraction of sp³-hybridized carbons (Fsp3) is 0.290. The summed E-state index contributed by atoms with van der Waals surface area (Å²) >= 11 is 0. The van der Waals surface area contributed by atoms with E-state index in [0.29, 0.717) is 5.56 Å². The van der Waals surface area contributed by atoms with Crippen molar-refractivity contribution in [1.29, 1.82) is 5.26 Å². The van der Waals surface area contributed by atoms with E-state index in [0.717, 1.165) is 75.7 Å². The SMILES string of the molecule is CC(C)c1nn(-c2ccc(C#N)c(NC3CCC(O)CC3)c2)c2cncc(-c3cnc4ccccc4c3)c12. The van der Waals surface area contributed by atoms with Gasteiger partial charge in [-0.15, -0.1) is 0 Å². The second-order valence-electron chi connectivity index (χ2n) is 10.4. The Kier molecular flexibility index (Phi) is 6.26.